The molecule has 0 atom stereocenters. The van der Waals surface area contributed by atoms with Crippen molar-refractivity contribution < 1.29 is 15.1 Å². The zero-order valence-corrected chi connectivity index (χ0v) is 9.20. The molecule has 0 radical (unpaired) electrons. The third-order valence-corrected chi connectivity index (χ3v) is 0.547. The Morgan fingerprint density at radius 3 is 1.33 bits per heavy atom. The van der Waals surface area contributed by atoms with Crippen molar-refractivity contribution in [3.8, 4) is 0 Å². The molecule has 12 heavy (non-hydrogen) atoms. The second-order valence-corrected chi connectivity index (χ2v) is 4.21. The van der Waals surface area contributed by atoms with Crippen molar-refractivity contribution in [1.29, 1.82) is 0 Å². The van der Waals surface area contributed by atoms with Crippen LogP contribution >= 0.6 is 0 Å². The van der Waals surface area contributed by atoms with Crippen LogP contribution in [0.5, 0.6) is 0 Å². The minimum Gasteiger partial charge on any atom is -0.870 e. The van der Waals surface area contributed by atoms with Gasteiger partial charge in [0.15, 0.2) is 0 Å². The van der Waals surface area contributed by atoms with Crippen molar-refractivity contribution in [3.05, 3.63) is 0 Å². The number of aliphatic hydroxyl groups excluding tert-OH is 1. The first kappa shape index (κ1) is 17.8. The predicted octanol–water partition coefficient (Wildman–Crippen LogP) is -0.314. The first-order chi connectivity index (χ1) is 4.77. The molecule has 0 aliphatic rings. The Morgan fingerprint density at radius 1 is 1.08 bits per heavy atom. The molecule has 4 nitrogen and oxygen atoms in total. The molecular weight excluding hydrogens is 156 g/mol. The highest BCUT2D eigenvalue weighted by Crippen LogP contribution is 1.73. The van der Waals surface area contributed by atoms with Crippen molar-refractivity contribution in [2.75, 3.05) is 55.4 Å². The van der Waals surface area contributed by atoms with E-state index >= 15 is 0 Å². The van der Waals surface area contributed by atoms with E-state index in [9.17, 15) is 0 Å². The van der Waals surface area contributed by atoms with Crippen LogP contribution < -0.4 is 0 Å². The number of hydrogen-bond donors (Lipinski definition) is 1. The molecule has 0 bridgehead atoms. The van der Waals surface area contributed by atoms with Crippen molar-refractivity contribution in [2.24, 2.45) is 0 Å². The first-order valence-corrected chi connectivity index (χ1v) is 3.82. The van der Waals surface area contributed by atoms with E-state index < -0.39 is 0 Å². The number of quaternary nitrogens is 1. The fourth-order valence-corrected chi connectivity index (χ4v) is 0.200. The number of rotatable bonds is 2. The van der Waals surface area contributed by atoms with Crippen LogP contribution in [0, 0.1) is 0 Å². The third kappa shape index (κ3) is 95.3. The lowest BCUT2D eigenvalue weighted by Crippen LogP contribution is -2.27. The maximum atomic E-state index is 8.20. The van der Waals surface area contributed by atoms with Gasteiger partial charge in [-0.3, -0.25) is 0 Å². The molecule has 4 heteroatoms. The zero-order chi connectivity index (χ0) is 9.49. The normalized spacial score (nSPS) is 10.0. The predicted molar refractivity (Wildman–Crippen MR) is 51.5 cm³/mol. The van der Waals surface area contributed by atoms with Crippen LogP contribution in [-0.2, 0) is 0 Å². The van der Waals surface area contributed by atoms with Crippen LogP contribution in [0.3, 0.4) is 0 Å². The summed E-state index contributed by atoms with van der Waals surface area (Å²) < 4.78 is 1.00. The van der Waals surface area contributed by atoms with Gasteiger partial charge in [0.25, 0.3) is 0 Å². The number of nitrogens with zero attached hydrogens (tertiary/aromatic N) is 2. The molecule has 0 unspecified atom stereocenters. The van der Waals surface area contributed by atoms with E-state index in [1.165, 1.54) is 0 Å². The van der Waals surface area contributed by atoms with Gasteiger partial charge in [0, 0.05) is 6.54 Å². The van der Waals surface area contributed by atoms with Gasteiger partial charge in [-0.05, 0) is 14.1 Å². The Hall–Kier alpha value is -0.160. The lowest BCUT2D eigenvalue weighted by Gasteiger charge is -2.14. The minimum absolute atomic E-state index is 0. The molecule has 78 valence electrons. The summed E-state index contributed by atoms with van der Waals surface area (Å²) in [6, 6.07) is 0. The van der Waals surface area contributed by atoms with Crippen LogP contribution in [0.2, 0.25) is 0 Å². The van der Waals surface area contributed by atoms with Crippen molar-refractivity contribution in [2.45, 2.75) is 0 Å². The molecule has 0 aliphatic heterocycles. The van der Waals surface area contributed by atoms with Crippen molar-refractivity contribution in [3.63, 3.8) is 0 Å². The summed E-state index contributed by atoms with van der Waals surface area (Å²) in [4.78, 5) is 1.93. The van der Waals surface area contributed by atoms with Gasteiger partial charge in [0.2, 0.25) is 0 Å². The monoisotopic (exact) mass is 180 g/mol. The Balaban J connectivity index is -0.000000126. The second kappa shape index (κ2) is 8.93. The average Bonchev–Trinajstić information content (AvgIpc) is 1.58. The number of likely N-dealkylation sites (N-methyl/N-ethyl adjacent to an activating group) is 1. The molecular formula is C8H24N2O2. The van der Waals surface area contributed by atoms with Gasteiger partial charge >= 0.3 is 0 Å². The van der Waals surface area contributed by atoms with Gasteiger partial charge in [-0.25, -0.2) is 0 Å². The summed E-state index contributed by atoms with van der Waals surface area (Å²) in [5, 5.41) is 8.20. The quantitative estimate of drug-likeness (QED) is 0.593. The van der Waals surface area contributed by atoms with Gasteiger partial charge in [0.05, 0.1) is 34.8 Å². The fraction of sp³-hybridized carbons (Fsp3) is 1.00. The highest BCUT2D eigenvalue weighted by atomic mass is 16.3. The van der Waals surface area contributed by atoms with E-state index in [0.717, 1.165) is 11.0 Å². The van der Waals surface area contributed by atoms with Gasteiger partial charge in [-0.15, -0.1) is 0 Å². The van der Waals surface area contributed by atoms with E-state index in [2.05, 4.69) is 28.2 Å². The van der Waals surface area contributed by atoms with Crippen LogP contribution in [-0.4, -0.2) is 75.4 Å². The molecule has 0 saturated carbocycles. The highest BCUT2D eigenvalue weighted by molar-refractivity contribution is 4.34. The molecule has 0 fully saturated rings. The largest absolute Gasteiger partial charge is 0.870 e. The van der Waals surface area contributed by atoms with Crippen LogP contribution in [0.4, 0.5) is 0 Å². The van der Waals surface area contributed by atoms with E-state index in [1.54, 1.807) is 0 Å². The number of hydrogen-bond acceptors (Lipinski definition) is 3. The molecule has 0 rings (SSSR count). The van der Waals surface area contributed by atoms with E-state index in [0.29, 0.717) is 0 Å². The maximum Gasteiger partial charge on any atom is 0.0675 e. The standard InChI is InChI=1S/C4H11NO.C4H12N.H2O/c1-5(2)3-4-6;1-5(2,3)4;/h6H,3-4H2,1-2H3;1-4H3;1H2/q;+1;/p-1. The van der Waals surface area contributed by atoms with Gasteiger partial charge < -0.3 is 20.0 Å². The molecule has 2 N–H and O–H groups in total. The summed E-state index contributed by atoms with van der Waals surface area (Å²) in [5.74, 6) is 0. The molecule has 0 heterocycles. The van der Waals surface area contributed by atoms with Crippen LogP contribution in [0.25, 0.3) is 0 Å². The molecule has 0 saturated heterocycles. The summed E-state index contributed by atoms with van der Waals surface area (Å²) in [7, 11) is 12.4. The molecule has 0 aromatic rings. The lowest BCUT2D eigenvalue weighted by molar-refractivity contribution is -0.849. The van der Waals surface area contributed by atoms with E-state index in [1.807, 2.05) is 19.0 Å². The summed E-state index contributed by atoms with van der Waals surface area (Å²) in [6.07, 6.45) is 0. The molecule has 0 amide bonds. The smallest absolute Gasteiger partial charge is 0.0675 e. The van der Waals surface area contributed by atoms with Crippen molar-refractivity contribution >= 4 is 0 Å². The lowest BCUT2D eigenvalue weighted by atomic mass is 10.6. The SMILES string of the molecule is CN(C)CCO.C[N+](C)(C)C.[OH-]. The molecule has 0 aromatic heterocycles. The summed E-state index contributed by atoms with van der Waals surface area (Å²) >= 11 is 0. The van der Waals surface area contributed by atoms with E-state index in [4.69, 9.17) is 5.11 Å². The average molecular weight is 180 g/mol. The Labute approximate surface area is 76.3 Å². The van der Waals surface area contributed by atoms with Gasteiger partial charge in [0.1, 0.15) is 0 Å². The molecule has 0 spiro atoms. The highest BCUT2D eigenvalue weighted by Gasteiger charge is 1.88. The Bertz CT molecular complexity index is 73.6. The maximum absolute atomic E-state index is 8.20. The first-order valence-electron chi connectivity index (χ1n) is 3.82. The molecule has 0 aliphatic carbocycles. The zero-order valence-electron chi connectivity index (χ0n) is 9.20. The number of aliphatic hydroxyl groups is 1. The van der Waals surface area contributed by atoms with E-state index in [-0.39, 0.29) is 12.1 Å². The minimum atomic E-state index is 0. The van der Waals surface area contributed by atoms with Crippen LogP contribution in [0.1, 0.15) is 0 Å². The van der Waals surface area contributed by atoms with Crippen molar-refractivity contribution in [1.82, 2.24) is 4.90 Å². The Morgan fingerprint density at radius 2 is 1.33 bits per heavy atom. The third-order valence-electron chi connectivity index (χ3n) is 0.547. The summed E-state index contributed by atoms with van der Waals surface area (Å²) in [6.45, 7) is 1.02. The summed E-state index contributed by atoms with van der Waals surface area (Å²) in [5.41, 5.74) is 0. The molecule has 0 aromatic carbocycles. The second-order valence-electron chi connectivity index (χ2n) is 4.21. The van der Waals surface area contributed by atoms with Crippen LogP contribution in [0.15, 0.2) is 0 Å². The topological polar surface area (TPSA) is 53.5 Å². The Kier molecular flexibility index (Phi) is 13.3. The fourth-order valence-electron chi connectivity index (χ4n) is 0.200. The van der Waals surface area contributed by atoms with Gasteiger partial charge in [-0.2, -0.15) is 0 Å². The van der Waals surface area contributed by atoms with Gasteiger partial charge in [-0.1, -0.05) is 0 Å².